The highest BCUT2D eigenvalue weighted by molar-refractivity contribution is 5.93. The molecule has 0 bridgehead atoms. The van der Waals surface area contributed by atoms with E-state index in [-0.39, 0.29) is 11.5 Å². The average Bonchev–Trinajstić information content (AvgIpc) is 2.42. The van der Waals surface area contributed by atoms with Gasteiger partial charge in [0, 0.05) is 42.8 Å². The van der Waals surface area contributed by atoms with Crippen LogP contribution in [0.2, 0.25) is 0 Å². The van der Waals surface area contributed by atoms with Gasteiger partial charge < -0.3 is 5.32 Å². The number of nitrogens with one attached hydrogen (secondary N) is 1. The van der Waals surface area contributed by atoms with Gasteiger partial charge in [-0.2, -0.15) is 0 Å². The van der Waals surface area contributed by atoms with Crippen LogP contribution in [0.3, 0.4) is 0 Å². The topological polar surface area (TPSA) is 76.9 Å². The number of carbonyl (C=O) groups is 1. The quantitative estimate of drug-likeness (QED) is 0.860. The van der Waals surface area contributed by atoms with E-state index in [0.717, 1.165) is 0 Å². The van der Waals surface area contributed by atoms with Gasteiger partial charge in [-0.25, -0.2) is 4.98 Å². The second-order valence-corrected chi connectivity index (χ2v) is 4.05. The highest BCUT2D eigenvalue weighted by Gasteiger charge is 2.04. The first-order valence-electron chi connectivity index (χ1n) is 5.88. The van der Waals surface area contributed by atoms with Crippen molar-refractivity contribution in [2.75, 3.05) is 6.54 Å². The Morgan fingerprint density at radius 2 is 2.11 bits per heavy atom. The first-order chi connectivity index (χ1) is 9.16. The van der Waals surface area contributed by atoms with Crippen LogP contribution in [0, 0.1) is 6.92 Å². The summed E-state index contributed by atoms with van der Waals surface area (Å²) in [5.74, 6) is -0.185. The molecule has 0 aliphatic carbocycles. The summed E-state index contributed by atoms with van der Waals surface area (Å²) < 4.78 is 1.46. The van der Waals surface area contributed by atoms with Crippen LogP contribution in [0.5, 0.6) is 0 Å². The lowest BCUT2D eigenvalue weighted by molar-refractivity contribution is 0.0952. The standard InChI is InChI=1S/C13H14N4O2/c1-10-8-12(18)17(9-16-10)7-6-15-13(19)11-2-4-14-5-3-11/h2-5,8-9H,6-7H2,1H3,(H,15,19). The molecule has 1 amide bonds. The molecule has 0 atom stereocenters. The van der Waals surface area contributed by atoms with E-state index in [9.17, 15) is 9.59 Å². The summed E-state index contributed by atoms with van der Waals surface area (Å²) in [5, 5.41) is 2.74. The van der Waals surface area contributed by atoms with Crippen LogP contribution in [0.15, 0.2) is 41.7 Å². The third-order valence-electron chi connectivity index (χ3n) is 2.60. The maximum absolute atomic E-state index is 11.7. The Hall–Kier alpha value is -2.50. The highest BCUT2D eigenvalue weighted by atomic mass is 16.1. The molecule has 98 valence electrons. The van der Waals surface area contributed by atoms with Crippen molar-refractivity contribution < 1.29 is 4.79 Å². The van der Waals surface area contributed by atoms with Crippen molar-refractivity contribution in [1.82, 2.24) is 19.9 Å². The fourth-order valence-corrected chi connectivity index (χ4v) is 1.58. The number of aromatic nitrogens is 3. The lowest BCUT2D eigenvalue weighted by atomic mass is 10.2. The van der Waals surface area contributed by atoms with E-state index in [0.29, 0.717) is 24.3 Å². The molecule has 0 aliphatic rings. The fraction of sp³-hybridized carbons (Fsp3) is 0.231. The first-order valence-corrected chi connectivity index (χ1v) is 5.88. The van der Waals surface area contributed by atoms with Crippen LogP contribution < -0.4 is 10.9 Å². The van der Waals surface area contributed by atoms with Crippen LogP contribution in [0.1, 0.15) is 16.1 Å². The van der Waals surface area contributed by atoms with Crippen LogP contribution in [0.25, 0.3) is 0 Å². The molecule has 2 aromatic heterocycles. The van der Waals surface area contributed by atoms with E-state index in [1.807, 2.05) is 0 Å². The molecule has 1 N–H and O–H groups in total. The van der Waals surface area contributed by atoms with Gasteiger partial charge in [-0.1, -0.05) is 0 Å². The van der Waals surface area contributed by atoms with Crippen molar-refractivity contribution >= 4 is 5.91 Å². The Morgan fingerprint density at radius 1 is 1.37 bits per heavy atom. The molecule has 0 saturated carbocycles. The van der Waals surface area contributed by atoms with Crippen molar-refractivity contribution in [3.8, 4) is 0 Å². The Bertz CT molecular complexity index is 622. The van der Waals surface area contributed by atoms with Crippen molar-refractivity contribution in [3.05, 3.63) is 58.5 Å². The van der Waals surface area contributed by atoms with Gasteiger partial charge in [-0.15, -0.1) is 0 Å². The number of hydrogen-bond donors (Lipinski definition) is 1. The van der Waals surface area contributed by atoms with Crippen LogP contribution in [-0.4, -0.2) is 27.0 Å². The fourth-order valence-electron chi connectivity index (χ4n) is 1.58. The third kappa shape index (κ3) is 3.48. The monoisotopic (exact) mass is 258 g/mol. The summed E-state index contributed by atoms with van der Waals surface area (Å²) in [6.07, 6.45) is 4.60. The minimum atomic E-state index is -0.185. The maximum atomic E-state index is 11.7. The Kier molecular flexibility index (Phi) is 4.02. The summed E-state index contributed by atoms with van der Waals surface area (Å²) in [5.41, 5.74) is 1.11. The molecular formula is C13H14N4O2. The average molecular weight is 258 g/mol. The summed E-state index contributed by atoms with van der Waals surface area (Å²) in [6.45, 7) is 2.52. The van der Waals surface area contributed by atoms with E-state index < -0.39 is 0 Å². The Morgan fingerprint density at radius 3 is 2.79 bits per heavy atom. The van der Waals surface area contributed by atoms with Gasteiger partial charge in [0.1, 0.15) is 0 Å². The van der Waals surface area contributed by atoms with Crippen LogP contribution in [-0.2, 0) is 6.54 Å². The zero-order valence-corrected chi connectivity index (χ0v) is 10.5. The molecule has 0 saturated heterocycles. The molecule has 0 spiro atoms. The predicted molar refractivity (Wildman–Crippen MR) is 69.8 cm³/mol. The number of nitrogens with zero attached hydrogens (tertiary/aromatic N) is 3. The van der Waals surface area contributed by atoms with Crippen molar-refractivity contribution in [2.24, 2.45) is 0 Å². The molecule has 19 heavy (non-hydrogen) atoms. The van der Waals surface area contributed by atoms with Gasteiger partial charge >= 0.3 is 0 Å². The molecule has 0 unspecified atom stereocenters. The third-order valence-corrected chi connectivity index (χ3v) is 2.60. The Balaban J connectivity index is 1.90. The largest absolute Gasteiger partial charge is 0.350 e. The molecule has 0 aromatic carbocycles. The number of hydrogen-bond acceptors (Lipinski definition) is 4. The minimum absolute atomic E-state index is 0.120. The Labute approximate surface area is 110 Å². The van der Waals surface area contributed by atoms with Crippen LogP contribution in [0.4, 0.5) is 0 Å². The zero-order chi connectivity index (χ0) is 13.7. The summed E-state index contributed by atoms with van der Waals surface area (Å²) >= 11 is 0. The van der Waals surface area contributed by atoms with E-state index in [1.165, 1.54) is 17.0 Å². The summed E-state index contributed by atoms with van der Waals surface area (Å²) in [7, 11) is 0. The molecule has 6 heteroatoms. The second-order valence-electron chi connectivity index (χ2n) is 4.05. The number of pyridine rings is 1. The van der Waals surface area contributed by atoms with E-state index in [4.69, 9.17) is 0 Å². The SMILES string of the molecule is Cc1cc(=O)n(CCNC(=O)c2ccncc2)cn1. The molecular weight excluding hydrogens is 244 g/mol. The minimum Gasteiger partial charge on any atom is -0.350 e. The molecule has 0 aliphatic heterocycles. The van der Waals surface area contributed by atoms with E-state index in [2.05, 4.69) is 15.3 Å². The van der Waals surface area contributed by atoms with Gasteiger partial charge in [0.25, 0.3) is 11.5 Å². The second kappa shape index (κ2) is 5.90. The maximum Gasteiger partial charge on any atom is 0.253 e. The van der Waals surface area contributed by atoms with Crippen molar-refractivity contribution in [2.45, 2.75) is 13.5 Å². The van der Waals surface area contributed by atoms with E-state index >= 15 is 0 Å². The predicted octanol–water partition coefficient (Wildman–Crippen LogP) is 0.377. The molecule has 2 rings (SSSR count). The molecule has 2 heterocycles. The number of amides is 1. The normalized spacial score (nSPS) is 10.2. The number of aryl methyl sites for hydroxylation is 1. The lowest BCUT2D eigenvalue weighted by Crippen LogP contribution is -2.30. The summed E-state index contributed by atoms with van der Waals surface area (Å²) in [6, 6.07) is 4.73. The van der Waals surface area contributed by atoms with Crippen molar-refractivity contribution in [1.29, 1.82) is 0 Å². The van der Waals surface area contributed by atoms with Crippen molar-refractivity contribution in [3.63, 3.8) is 0 Å². The first kappa shape index (κ1) is 12.9. The zero-order valence-electron chi connectivity index (χ0n) is 10.5. The molecule has 0 radical (unpaired) electrons. The van der Waals surface area contributed by atoms with Gasteiger partial charge in [-0.05, 0) is 19.1 Å². The van der Waals surface area contributed by atoms with Gasteiger partial charge in [-0.3, -0.25) is 19.1 Å². The molecule has 2 aromatic rings. The molecule has 0 fully saturated rings. The lowest BCUT2D eigenvalue weighted by Gasteiger charge is -2.07. The van der Waals surface area contributed by atoms with Crippen LogP contribution >= 0.6 is 0 Å². The highest BCUT2D eigenvalue weighted by Crippen LogP contribution is 1.95. The number of rotatable bonds is 4. The van der Waals surface area contributed by atoms with E-state index in [1.54, 1.807) is 31.5 Å². The molecule has 6 nitrogen and oxygen atoms in total. The van der Waals surface area contributed by atoms with Gasteiger partial charge in [0.15, 0.2) is 0 Å². The van der Waals surface area contributed by atoms with Gasteiger partial charge in [0.05, 0.1) is 6.33 Å². The number of carbonyl (C=O) groups excluding carboxylic acids is 1. The smallest absolute Gasteiger partial charge is 0.253 e. The summed E-state index contributed by atoms with van der Waals surface area (Å²) in [4.78, 5) is 31.2. The van der Waals surface area contributed by atoms with Gasteiger partial charge in [0.2, 0.25) is 0 Å².